The molecule has 5 nitrogen and oxygen atoms in total. The molecule has 0 aliphatic heterocycles. The molecule has 0 atom stereocenters. The number of halogens is 13. The number of rotatable bonds is 11. The van der Waals surface area contributed by atoms with Crippen LogP contribution in [0.1, 0.15) is 27.2 Å². The molecule has 198 valence electrons. The van der Waals surface area contributed by atoms with Crippen molar-refractivity contribution in [1.29, 1.82) is 0 Å². The van der Waals surface area contributed by atoms with Gasteiger partial charge in [-0.05, 0) is 20.3 Å². The van der Waals surface area contributed by atoms with E-state index in [1.165, 1.54) is 20.8 Å². The van der Waals surface area contributed by atoms with Gasteiger partial charge in [-0.1, -0.05) is 6.92 Å². The molecule has 33 heavy (non-hydrogen) atoms. The van der Waals surface area contributed by atoms with E-state index < -0.39 is 69.7 Å². The van der Waals surface area contributed by atoms with Gasteiger partial charge in [0.2, 0.25) is 0 Å². The SMILES string of the molecule is CCC(C)(C)C(=O)OCCNS(=O)(=O)C(F)(F)C(F)(F)C(F)(F)C(F)(F)C(F)(F)C(F)(F)F. The highest BCUT2D eigenvalue weighted by Gasteiger charge is 2.92. The van der Waals surface area contributed by atoms with Crippen molar-refractivity contribution >= 4 is 16.0 Å². The number of carbonyl (C=O) groups excluding carboxylic acids is 1. The lowest BCUT2D eigenvalue weighted by molar-refractivity contribution is -0.433. The Bertz CT molecular complexity index is 821. The van der Waals surface area contributed by atoms with E-state index in [9.17, 15) is 70.3 Å². The summed E-state index contributed by atoms with van der Waals surface area (Å²) in [6, 6.07) is 0. The zero-order chi connectivity index (χ0) is 27.1. The van der Waals surface area contributed by atoms with Gasteiger partial charge < -0.3 is 4.74 Å². The molecular formula is C14H16F13NO4S. The first-order chi connectivity index (χ1) is 14.2. The Hall–Kier alpha value is -1.53. The van der Waals surface area contributed by atoms with Gasteiger partial charge in [0, 0.05) is 6.54 Å². The number of esters is 1. The van der Waals surface area contributed by atoms with Crippen LogP contribution in [-0.4, -0.2) is 62.7 Å². The zero-order valence-corrected chi connectivity index (χ0v) is 17.4. The summed E-state index contributed by atoms with van der Waals surface area (Å²) in [4.78, 5) is 11.6. The molecule has 0 spiro atoms. The summed E-state index contributed by atoms with van der Waals surface area (Å²) in [6.07, 6.45) is -7.47. The van der Waals surface area contributed by atoms with Gasteiger partial charge in [-0.3, -0.25) is 4.79 Å². The highest BCUT2D eigenvalue weighted by atomic mass is 32.2. The highest BCUT2D eigenvalue weighted by molar-refractivity contribution is 7.90. The van der Waals surface area contributed by atoms with Gasteiger partial charge in [-0.2, -0.15) is 57.1 Å². The van der Waals surface area contributed by atoms with E-state index in [4.69, 9.17) is 0 Å². The van der Waals surface area contributed by atoms with E-state index in [1.54, 1.807) is 0 Å². The van der Waals surface area contributed by atoms with Crippen molar-refractivity contribution in [1.82, 2.24) is 4.72 Å². The van der Waals surface area contributed by atoms with Crippen molar-refractivity contribution in [2.75, 3.05) is 13.2 Å². The molecule has 0 rings (SSSR count). The lowest BCUT2D eigenvalue weighted by Gasteiger charge is -2.39. The van der Waals surface area contributed by atoms with Crippen LogP contribution in [0.25, 0.3) is 0 Å². The number of hydrogen-bond acceptors (Lipinski definition) is 4. The second-order valence-electron chi connectivity index (χ2n) is 7.08. The Morgan fingerprint density at radius 1 is 0.758 bits per heavy atom. The average Bonchev–Trinajstić information content (AvgIpc) is 2.63. The number of hydrogen-bond donors (Lipinski definition) is 1. The summed E-state index contributed by atoms with van der Waals surface area (Å²) in [5, 5.41) is -7.35. The summed E-state index contributed by atoms with van der Waals surface area (Å²) in [7, 11) is -7.14. The topological polar surface area (TPSA) is 72.5 Å². The van der Waals surface area contributed by atoms with Crippen LogP contribution in [0.4, 0.5) is 57.1 Å². The summed E-state index contributed by atoms with van der Waals surface area (Å²) in [5.74, 6) is -33.5. The Labute approximate surface area is 177 Å². The van der Waals surface area contributed by atoms with Gasteiger partial charge in [-0.25, -0.2) is 13.1 Å². The lowest BCUT2D eigenvalue weighted by Crippen LogP contribution is -2.71. The summed E-state index contributed by atoms with van der Waals surface area (Å²) in [5.41, 5.74) is -1.19. The van der Waals surface area contributed by atoms with Gasteiger partial charge in [0.15, 0.2) is 0 Å². The maximum absolute atomic E-state index is 13.7. The molecule has 0 heterocycles. The molecule has 0 aromatic rings. The van der Waals surface area contributed by atoms with Crippen LogP contribution < -0.4 is 4.72 Å². The second kappa shape index (κ2) is 8.92. The monoisotopic (exact) mass is 541 g/mol. The Balaban J connectivity index is 5.90. The molecule has 0 radical (unpaired) electrons. The molecule has 0 aliphatic carbocycles. The summed E-state index contributed by atoms with van der Waals surface area (Å²) >= 11 is 0. The maximum atomic E-state index is 13.7. The minimum Gasteiger partial charge on any atom is -0.464 e. The molecule has 0 bridgehead atoms. The third kappa shape index (κ3) is 5.12. The smallest absolute Gasteiger partial charge is 0.460 e. The van der Waals surface area contributed by atoms with E-state index in [1.807, 2.05) is 0 Å². The molecule has 0 amide bonds. The number of sulfonamides is 1. The van der Waals surface area contributed by atoms with E-state index in [-0.39, 0.29) is 6.42 Å². The van der Waals surface area contributed by atoms with Crippen LogP contribution in [0, 0.1) is 5.41 Å². The van der Waals surface area contributed by atoms with Crippen LogP contribution in [0.2, 0.25) is 0 Å². The first kappa shape index (κ1) is 31.5. The Morgan fingerprint density at radius 3 is 1.52 bits per heavy atom. The molecule has 1 N–H and O–H groups in total. The van der Waals surface area contributed by atoms with Crippen LogP contribution in [0.3, 0.4) is 0 Å². The van der Waals surface area contributed by atoms with E-state index in [2.05, 4.69) is 4.74 Å². The molecule has 0 aromatic carbocycles. The minimum absolute atomic E-state index is 0.147. The number of alkyl halides is 13. The molecule has 0 saturated carbocycles. The van der Waals surface area contributed by atoms with Gasteiger partial charge in [0.25, 0.3) is 10.0 Å². The minimum atomic E-state index is -8.24. The Kier molecular flexibility index (Phi) is 8.51. The molecule has 0 saturated heterocycles. The zero-order valence-electron chi connectivity index (χ0n) is 16.6. The third-order valence-corrected chi connectivity index (χ3v) is 5.82. The quantitative estimate of drug-likeness (QED) is 0.236. The number of nitrogens with one attached hydrogen (secondary N) is 1. The summed E-state index contributed by atoms with van der Waals surface area (Å²) in [6.45, 7) is 1.44. The lowest BCUT2D eigenvalue weighted by atomic mass is 9.91. The second-order valence-corrected chi connectivity index (χ2v) is 8.89. The first-order valence-electron chi connectivity index (χ1n) is 8.31. The fourth-order valence-corrected chi connectivity index (χ4v) is 2.67. The third-order valence-electron chi connectivity index (χ3n) is 4.31. The molecule has 19 heteroatoms. The van der Waals surface area contributed by atoms with Crippen LogP contribution in [-0.2, 0) is 19.6 Å². The summed E-state index contributed by atoms with van der Waals surface area (Å²) < 4.78 is 196. The molecule has 0 aliphatic rings. The predicted molar refractivity (Wildman–Crippen MR) is 82.7 cm³/mol. The van der Waals surface area contributed by atoms with Crippen LogP contribution in [0.5, 0.6) is 0 Å². The van der Waals surface area contributed by atoms with Crippen LogP contribution >= 0.6 is 0 Å². The Morgan fingerprint density at radius 2 is 1.15 bits per heavy atom. The first-order valence-corrected chi connectivity index (χ1v) is 9.79. The van der Waals surface area contributed by atoms with Gasteiger partial charge in [-0.15, -0.1) is 0 Å². The molecular weight excluding hydrogens is 525 g/mol. The molecule has 0 aromatic heterocycles. The maximum Gasteiger partial charge on any atom is 0.460 e. The van der Waals surface area contributed by atoms with Gasteiger partial charge >= 0.3 is 41.1 Å². The van der Waals surface area contributed by atoms with Crippen molar-refractivity contribution in [3.05, 3.63) is 0 Å². The van der Waals surface area contributed by atoms with Crippen molar-refractivity contribution in [3.63, 3.8) is 0 Å². The molecule has 0 fully saturated rings. The average molecular weight is 541 g/mol. The van der Waals surface area contributed by atoms with E-state index >= 15 is 0 Å². The van der Waals surface area contributed by atoms with E-state index in [0.29, 0.717) is 4.72 Å². The van der Waals surface area contributed by atoms with Gasteiger partial charge in [0.05, 0.1) is 5.41 Å². The highest BCUT2D eigenvalue weighted by Crippen LogP contribution is 2.60. The number of ether oxygens (including phenoxy) is 1. The van der Waals surface area contributed by atoms with Crippen molar-refractivity contribution in [3.8, 4) is 0 Å². The molecule has 0 unspecified atom stereocenters. The van der Waals surface area contributed by atoms with Crippen molar-refractivity contribution < 1.29 is 75.0 Å². The normalized spacial score (nSPS) is 15.5. The van der Waals surface area contributed by atoms with Gasteiger partial charge in [0.1, 0.15) is 6.61 Å². The fourth-order valence-electron chi connectivity index (χ4n) is 1.67. The van der Waals surface area contributed by atoms with Crippen molar-refractivity contribution in [2.24, 2.45) is 5.41 Å². The van der Waals surface area contributed by atoms with E-state index in [0.717, 1.165) is 0 Å². The standard InChI is InChI=1S/C14H16F13NO4S/c1-4-8(2,3)7(29)32-6-5-28-33(30,31)14(26,27)12(21,22)10(17,18)9(15,16)11(19,20)13(23,24)25/h28H,4-6H2,1-3H3. The van der Waals surface area contributed by atoms with Crippen LogP contribution in [0.15, 0.2) is 0 Å². The largest absolute Gasteiger partial charge is 0.464 e. The van der Waals surface area contributed by atoms with Crippen molar-refractivity contribution in [2.45, 2.75) is 62.3 Å². The fraction of sp³-hybridized carbons (Fsp3) is 0.929. The number of carbonyl (C=O) groups is 1. The predicted octanol–water partition coefficient (Wildman–Crippen LogP) is 4.58.